The number of carbonyl (C=O) groups excluding carboxylic acids is 1. The lowest BCUT2D eigenvalue weighted by atomic mass is 9.88. The third kappa shape index (κ3) is 2.68. The number of hydrogen-bond donors (Lipinski definition) is 0. The van der Waals surface area contributed by atoms with Gasteiger partial charge in [-0.3, -0.25) is 4.79 Å². The first-order valence-electron chi connectivity index (χ1n) is 6.74. The van der Waals surface area contributed by atoms with Crippen molar-refractivity contribution in [3.8, 4) is 0 Å². The largest absolute Gasteiger partial charge is 0.375 e. The zero-order valence-electron chi connectivity index (χ0n) is 10.6. The number of fused-ring (bicyclic) bond motifs is 2. The molecule has 0 N–H and O–H groups in total. The van der Waals surface area contributed by atoms with Crippen LogP contribution in [0.15, 0.2) is 18.2 Å². The van der Waals surface area contributed by atoms with E-state index in [0.29, 0.717) is 0 Å². The Morgan fingerprint density at radius 1 is 1.21 bits per heavy atom. The quantitative estimate of drug-likeness (QED) is 0.840. The molecule has 2 nitrogen and oxygen atoms in total. The molecular formula is C15H16F2O2. The summed E-state index contributed by atoms with van der Waals surface area (Å²) in [6.45, 7) is 0. The van der Waals surface area contributed by atoms with E-state index in [2.05, 4.69) is 0 Å². The molecule has 0 radical (unpaired) electrons. The van der Waals surface area contributed by atoms with Gasteiger partial charge in [0.25, 0.3) is 0 Å². The van der Waals surface area contributed by atoms with Crippen molar-refractivity contribution in [1.29, 1.82) is 0 Å². The van der Waals surface area contributed by atoms with Crippen LogP contribution in [0.1, 0.15) is 31.2 Å². The van der Waals surface area contributed by atoms with Crippen LogP contribution < -0.4 is 0 Å². The van der Waals surface area contributed by atoms with Crippen molar-refractivity contribution in [3.05, 3.63) is 35.4 Å². The summed E-state index contributed by atoms with van der Waals surface area (Å²) in [5.74, 6) is -1.23. The second-order valence-corrected chi connectivity index (χ2v) is 5.50. The number of ketones is 1. The van der Waals surface area contributed by atoms with Crippen LogP contribution in [-0.2, 0) is 16.0 Å². The fourth-order valence-corrected chi connectivity index (χ4v) is 3.12. The van der Waals surface area contributed by atoms with Gasteiger partial charge in [0.15, 0.2) is 0 Å². The van der Waals surface area contributed by atoms with Crippen LogP contribution in [-0.4, -0.2) is 18.0 Å². The Hall–Kier alpha value is -1.29. The Morgan fingerprint density at radius 3 is 2.53 bits per heavy atom. The van der Waals surface area contributed by atoms with Gasteiger partial charge in [-0.15, -0.1) is 0 Å². The minimum absolute atomic E-state index is 0.0318. The summed E-state index contributed by atoms with van der Waals surface area (Å²) in [4.78, 5) is 12.2. The number of ether oxygens (including phenoxy) is 1. The second kappa shape index (κ2) is 5.00. The van der Waals surface area contributed by atoms with Crippen molar-refractivity contribution in [3.63, 3.8) is 0 Å². The zero-order chi connectivity index (χ0) is 13.4. The van der Waals surface area contributed by atoms with Gasteiger partial charge in [0.1, 0.15) is 17.4 Å². The number of hydrogen-bond acceptors (Lipinski definition) is 2. The Bertz CT molecular complexity index is 489. The van der Waals surface area contributed by atoms with Crippen molar-refractivity contribution in [2.75, 3.05) is 0 Å². The first-order chi connectivity index (χ1) is 9.11. The molecule has 2 bridgehead atoms. The number of rotatable bonds is 3. The van der Waals surface area contributed by atoms with Crippen molar-refractivity contribution in [1.82, 2.24) is 0 Å². The van der Waals surface area contributed by atoms with Crippen LogP contribution in [0.5, 0.6) is 0 Å². The van der Waals surface area contributed by atoms with E-state index in [0.717, 1.165) is 31.7 Å². The second-order valence-electron chi connectivity index (χ2n) is 5.50. The van der Waals surface area contributed by atoms with Gasteiger partial charge in [-0.2, -0.15) is 0 Å². The molecule has 2 atom stereocenters. The van der Waals surface area contributed by atoms with Crippen LogP contribution in [0.4, 0.5) is 8.78 Å². The molecule has 2 aliphatic heterocycles. The van der Waals surface area contributed by atoms with E-state index in [1.165, 1.54) is 12.1 Å². The van der Waals surface area contributed by atoms with Gasteiger partial charge in [-0.05, 0) is 37.3 Å². The summed E-state index contributed by atoms with van der Waals surface area (Å²) in [7, 11) is 0. The van der Waals surface area contributed by atoms with Gasteiger partial charge in [0, 0.05) is 18.4 Å². The van der Waals surface area contributed by atoms with Gasteiger partial charge < -0.3 is 4.74 Å². The molecule has 0 aliphatic carbocycles. The summed E-state index contributed by atoms with van der Waals surface area (Å²) in [6.07, 6.45) is 4.00. The van der Waals surface area contributed by atoms with Gasteiger partial charge in [0.05, 0.1) is 12.2 Å². The molecule has 0 saturated carbocycles. The Labute approximate surface area is 110 Å². The monoisotopic (exact) mass is 266 g/mol. The molecule has 1 aromatic rings. The maximum absolute atomic E-state index is 13.5. The molecule has 0 amide bonds. The molecule has 3 rings (SSSR count). The first kappa shape index (κ1) is 12.7. The van der Waals surface area contributed by atoms with Crippen LogP contribution in [0.3, 0.4) is 0 Å². The molecule has 2 aliphatic rings. The van der Waals surface area contributed by atoms with Crippen LogP contribution in [0.2, 0.25) is 0 Å². The summed E-state index contributed by atoms with van der Waals surface area (Å²) in [6, 6.07) is 3.38. The number of Topliss-reactive ketones (excluding diaryl/α,β-unsaturated/α-hetero) is 1. The summed E-state index contributed by atoms with van der Waals surface area (Å²) >= 11 is 0. The molecule has 0 aromatic heterocycles. The van der Waals surface area contributed by atoms with Crippen LogP contribution >= 0.6 is 0 Å². The zero-order valence-corrected chi connectivity index (χ0v) is 10.6. The van der Waals surface area contributed by atoms with Crippen molar-refractivity contribution >= 4 is 5.78 Å². The fourth-order valence-electron chi connectivity index (χ4n) is 3.12. The van der Waals surface area contributed by atoms with E-state index >= 15 is 0 Å². The van der Waals surface area contributed by atoms with Crippen molar-refractivity contribution in [2.24, 2.45) is 5.92 Å². The molecule has 19 heavy (non-hydrogen) atoms. The number of benzene rings is 1. The van der Waals surface area contributed by atoms with Gasteiger partial charge >= 0.3 is 0 Å². The standard InChI is InChI=1S/C15H16F2O2/c16-11-2-1-9(14(17)8-11)7-15(18)10-5-12-3-4-13(6-10)19-12/h1-2,8,10,12-13H,3-7H2. The van der Waals surface area contributed by atoms with Gasteiger partial charge in [-0.1, -0.05) is 6.07 Å². The molecular weight excluding hydrogens is 250 g/mol. The van der Waals surface area contributed by atoms with E-state index < -0.39 is 11.6 Å². The lowest BCUT2D eigenvalue weighted by molar-refractivity contribution is -0.128. The highest BCUT2D eigenvalue weighted by Crippen LogP contribution is 2.36. The molecule has 2 unspecified atom stereocenters. The SMILES string of the molecule is O=C(Cc1ccc(F)cc1F)C1CC2CCC(C1)O2. The van der Waals surface area contributed by atoms with E-state index in [-0.39, 0.29) is 35.9 Å². The molecule has 4 heteroatoms. The predicted molar refractivity (Wildman–Crippen MR) is 65.7 cm³/mol. The summed E-state index contributed by atoms with van der Waals surface area (Å²) < 4.78 is 32.0. The Morgan fingerprint density at radius 2 is 1.89 bits per heavy atom. The average Bonchev–Trinajstić information content (AvgIpc) is 2.71. The average molecular weight is 266 g/mol. The Kier molecular flexibility index (Phi) is 3.35. The molecule has 102 valence electrons. The maximum atomic E-state index is 13.5. The lowest BCUT2D eigenvalue weighted by Gasteiger charge is -2.27. The molecule has 2 fully saturated rings. The normalized spacial score (nSPS) is 29.5. The minimum Gasteiger partial charge on any atom is -0.375 e. The summed E-state index contributed by atoms with van der Waals surface area (Å²) in [5, 5.41) is 0. The van der Waals surface area contributed by atoms with E-state index in [4.69, 9.17) is 4.74 Å². The molecule has 2 saturated heterocycles. The third-order valence-corrected chi connectivity index (χ3v) is 4.13. The highest BCUT2D eigenvalue weighted by atomic mass is 19.1. The number of carbonyl (C=O) groups is 1. The molecule has 2 heterocycles. The van der Waals surface area contributed by atoms with E-state index in [1.54, 1.807) is 0 Å². The predicted octanol–water partition coefficient (Wildman–Crippen LogP) is 3.03. The Balaban J connectivity index is 1.68. The van der Waals surface area contributed by atoms with E-state index in [9.17, 15) is 13.6 Å². The first-order valence-corrected chi connectivity index (χ1v) is 6.74. The van der Waals surface area contributed by atoms with Crippen LogP contribution in [0.25, 0.3) is 0 Å². The highest BCUT2D eigenvalue weighted by molar-refractivity contribution is 5.83. The number of halogens is 2. The maximum Gasteiger partial charge on any atom is 0.140 e. The topological polar surface area (TPSA) is 26.3 Å². The summed E-state index contributed by atoms with van der Waals surface area (Å²) in [5.41, 5.74) is 0.283. The lowest BCUT2D eigenvalue weighted by Crippen LogP contribution is -2.31. The van der Waals surface area contributed by atoms with Gasteiger partial charge in [0.2, 0.25) is 0 Å². The smallest absolute Gasteiger partial charge is 0.140 e. The van der Waals surface area contributed by atoms with E-state index in [1.807, 2.05) is 0 Å². The third-order valence-electron chi connectivity index (χ3n) is 4.13. The minimum atomic E-state index is -0.636. The molecule has 0 spiro atoms. The molecule has 1 aromatic carbocycles. The highest BCUT2D eigenvalue weighted by Gasteiger charge is 2.37. The fraction of sp³-hybridized carbons (Fsp3) is 0.533. The van der Waals surface area contributed by atoms with Crippen LogP contribution in [0, 0.1) is 17.6 Å². The van der Waals surface area contributed by atoms with Crippen molar-refractivity contribution < 1.29 is 18.3 Å². The van der Waals surface area contributed by atoms with Gasteiger partial charge in [-0.25, -0.2) is 8.78 Å². The van der Waals surface area contributed by atoms with Crippen molar-refractivity contribution in [2.45, 2.75) is 44.3 Å².